The first kappa shape index (κ1) is 14.7. The zero-order valence-corrected chi connectivity index (χ0v) is 10.9. The number of ether oxygens (including phenoxy) is 2. The molecule has 0 aliphatic rings. The Labute approximate surface area is 111 Å². The van der Waals surface area contributed by atoms with Crippen molar-refractivity contribution in [1.29, 1.82) is 5.26 Å². The summed E-state index contributed by atoms with van der Waals surface area (Å²) >= 11 is 0. The van der Waals surface area contributed by atoms with Gasteiger partial charge in [-0.25, -0.2) is 4.79 Å². The van der Waals surface area contributed by atoms with Crippen LogP contribution in [0.25, 0.3) is 0 Å². The molecule has 0 aromatic heterocycles. The molecule has 5 nitrogen and oxygen atoms in total. The molecule has 0 atom stereocenters. The molecule has 0 heterocycles. The number of aryl methyl sites for hydroxylation is 1. The molecule has 0 unspecified atom stereocenters. The molecule has 1 rings (SSSR count). The summed E-state index contributed by atoms with van der Waals surface area (Å²) < 4.78 is 9.40. The van der Waals surface area contributed by atoms with Gasteiger partial charge in [0.25, 0.3) is 0 Å². The first-order chi connectivity index (χ1) is 9.12. The Bertz CT molecular complexity index is 517. The van der Waals surface area contributed by atoms with Crippen LogP contribution in [0, 0.1) is 11.3 Å². The Morgan fingerprint density at radius 2 is 2.11 bits per heavy atom. The monoisotopic (exact) mass is 261 g/mol. The van der Waals surface area contributed by atoms with Gasteiger partial charge in [0.05, 0.1) is 30.9 Å². The molecule has 5 heteroatoms. The smallest absolute Gasteiger partial charge is 0.338 e. The molecule has 100 valence electrons. The van der Waals surface area contributed by atoms with Crippen molar-refractivity contribution in [2.24, 2.45) is 0 Å². The molecule has 19 heavy (non-hydrogen) atoms. The quantitative estimate of drug-likeness (QED) is 0.756. The molecule has 0 saturated heterocycles. The number of nitriles is 1. The van der Waals surface area contributed by atoms with Crippen LogP contribution in [0.3, 0.4) is 0 Å². The molecular weight excluding hydrogens is 246 g/mol. The Morgan fingerprint density at radius 3 is 2.68 bits per heavy atom. The minimum absolute atomic E-state index is 0.198. The van der Waals surface area contributed by atoms with E-state index in [9.17, 15) is 9.59 Å². The van der Waals surface area contributed by atoms with Gasteiger partial charge in [-0.05, 0) is 31.0 Å². The maximum Gasteiger partial charge on any atom is 0.338 e. The van der Waals surface area contributed by atoms with Crippen molar-refractivity contribution < 1.29 is 19.1 Å². The molecule has 0 aliphatic carbocycles. The minimum atomic E-state index is -0.460. The normalized spacial score (nSPS) is 9.53. The largest absolute Gasteiger partial charge is 0.469 e. The number of methoxy groups -OCH3 is 1. The minimum Gasteiger partial charge on any atom is -0.469 e. The van der Waals surface area contributed by atoms with Gasteiger partial charge in [0.15, 0.2) is 0 Å². The van der Waals surface area contributed by atoms with Crippen LogP contribution in [0.1, 0.15) is 34.8 Å². The number of carbonyl (C=O) groups is 2. The van der Waals surface area contributed by atoms with E-state index >= 15 is 0 Å². The summed E-state index contributed by atoms with van der Waals surface area (Å²) in [5, 5.41) is 9.06. The molecule has 0 amide bonds. The number of rotatable bonds is 5. The number of nitrogens with zero attached hydrogens (tertiary/aromatic N) is 1. The van der Waals surface area contributed by atoms with E-state index in [0.717, 1.165) is 0 Å². The fourth-order valence-corrected chi connectivity index (χ4v) is 1.58. The first-order valence-electron chi connectivity index (χ1n) is 5.89. The van der Waals surface area contributed by atoms with Gasteiger partial charge in [-0.2, -0.15) is 5.26 Å². The highest BCUT2D eigenvalue weighted by atomic mass is 16.5. The fourth-order valence-electron chi connectivity index (χ4n) is 1.58. The molecule has 0 spiro atoms. The van der Waals surface area contributed by atoms with E-state index in [1.807, 2.05) is 6.07 Å². The number of hydrogen-bond donors (Lipinski definition) is 0. The molecule has 1 aromatic carbocycles. The number of esters is 2. The highest BCUT2D eigenvalue weighted by Crippen LogP contribution is 2.14. The lowest BCUT2D eigenvalue weighted by Crippen LogP contribution is -2.07. The van der Waals surface area contributed by atoms with Crippen LogP contribution in [0.15, 0.2) is 18.2 Å². The molecule has 0 bridgehead atoms. The van der Waals surface area contributed by atoms with E-state index in [2.05, 4.69) is 4.74 Å². The van der Waals surface area contributed by atoms with E-state index in [4.69, 9.17) is 10.00 Å². The number of hydrogen-bond acceptors (Lipinski definition) is 5. The average Bonchev–Trinajstić information content (AvgIpc) is 2.44. The van der Waals surface area contributed by atoms with Crippen LogP contribution >= 0.6 is 0 Å². The SMILES string of the molecule is CCOC(=O)c1ccc(CCC(=O)OC)c(C#N)c1. The lowest BCUT2D eigenvalue weighted by Gasteiger charge is -2.06. The third-order valence-corrected chi connectivity index (χ3v) is 2.57. The Hall–Kier alpha value is -2.35. The summed E-state index contributed by atoms with van der Waals surface area (Å²) in [4.78, 5) is 22.6. The predicted octanol–water partition coefficient (Wildman–Crippen LogP) is 1.84. The van der Waals surface area contributed by atoms with Crippen LogP contribution in [-0.2, 0) is 20.7 Å². The highest BCUT2D eigenvalue weighted by molar-refractivity contribution is 5.90. The summed E-state index contributed by atoms with van der Waals surface area (Å²) in [6.07, 6.45) is 0.600. The van der Waals surface area contributed by atoms with E-state index < -0.39 is 5.97 Å². The average molecular weight is 261 g/mol. The van der Waals surface area contributed by atoms with Crippen LogP contribution < -0.4 is 0 Å². The van der Waals surface area contributed by atoms with Gasteiger partial charge in [0, 0.05) is 6.42 Å². The van der Waals surface area contributed by atoms with Gasteiger partial charge in [-0.15, -0.1) is 0 Å². The highest BCUT2D eigenvalue weighted by Gasteiger charge is 2.11. The molecular formula is C14H15NO4. The maximum absolute atomic E-state index is 11.5. The van der Waals surface area contributed by atoms with Crippen molar-refractivity contribution >= 4 is 11.9 Å². The number of benzene rings is 1. The second-order valence-corrected chi connectivity index (χ2v) is 3.78. The fraction of sp³-hybridized carbons (Fsp3) is 0.357. The lowest BCUT2D eigenvalue weighted by molar-refractivity contribution is -0.140. The van der Waals surface area contributed by atoms with E-state index in [1.165, 1.54) is 13.2 Å². The third kappa shape index (κ3) is 4.11. The van der Waals surface area contributed by atoms with E-state index in [1.54, 1.807) is 19.1 Å². The van der Waals surface area contributed by atoms with Crippen LogP contribution in [0.5, 0.6) is 0 Å². The van der Waals surface area contributed by atoms with Gasteiger partial charge < -0.3 is 9.47 Å². The summed E-state index contributed by atoms with van der Waals surface area (Å²) in [6, 6.07) is 6.74. The molecule has 1 aromatic rings. The van der Waals surface area contributed by atoms with E-state index in [0.29, 0.717) is 23.1 Å². The topological polar surface area (TPSA) is 76.4 Å². The lowest BCUT2D eigenvalue weighted by atomic mass is 10.0. The van der Waals surface area contributed by atoms with Crippen LogP contribution in [0.4, 0.5) is 0 Å². The molecule has 0 N–H and O–H groups in total. The van der Waals surface area contributed by atoms with Crippen molar-refractivity contribution in [1.82, 2.24) is 0 Å². The Balaban J connectivity index is 2.88. The molecule has 0 fully saturated rings. The van der Waals surface area contributed by atoms with Crippen molar-refractivity contribution in [3.63, 3.8) is 0 Å². The standard InChI is InChI=1S/C14H15NO4/c1-3-19-14(17)11-5-4-10(12(8-11)9-15)6-7-13(16)18-2/h4-5,8H,3,6-7H2,1-2H3. The van der Waals surface area contributed by atoms with Gasteiger partial charge in [-0.1, -0.05) is 6.07 Å². The second-order valence-electron chi connectivity index (χ2n) is 3.78. The van der Waals surface area contributed by atoms with Crippen molar-refractivity contribution in [3.05, 3.63) is 34.9 Å². The second kappa shape index (κ2) is 7.17. The molecule has 0 radical (unpaired) electrons. The van der Waals surface area contributed by atoms with Crippen LogP contribution in [-0.4, -0.2) is 25.7 Å². The zero-order chi connectivity index (χ0) is 14.3. The Kier molecular flexibility index (Phi) is 5.55. The van der Waals surface area contributed by atoms with Crippen molar-refractivity contribution in [2.75, 3.05) is 13.7 Å². The summed E-state index contributed by atoms with van der Waals surface area (Å²) in [5.74, 6) is -0.795. The van der Waals surface area contributed by atoms with Gasteiger partial charge in [0.1, 0.15) is 0 Å². The predicted molar refractivity (Wildman–Crippen MR) is 67.5 cm³/mol. The third-order valence-electron chi connectivity index (χ3n) is 2.57. The van der Waals surface area contributed by atoms with Gasteiger partial charge in [-0.3, -0.25) is 4.79 Å². The van der Waals surface area contributed by atoms with Crippen LogP contribution in [0.2, 0.25) is 0 Å². The number of carbonyl (C=O) groups excluding carboxylic acids is 2. The zero-order valence-electron chi connectivity index (χ0n) is 10.9. The summed E-state index contributed by atoms with van der Waals surface area (Å²) in [6.45, 7) is 2.00. The maximum atomic E-state index is 11.5. The van der Waals surface area contributed by atoms with E-state index in [-0.39, 0.29) is 19.0 Å². The molecule has 0 aliphatic heterocycles. The van der Waals surface area contributed by atoms with Crippen molar-refractivity contribution in [3.8, 4) is 6.07 Å². The summed E-state index contributed by atoms with van der Waals surface area (Å²) in [7, 11) is 1.32. The van der Waals surface area contributed by atoms with Gasteiger partial charge >= 0.3 is 11.9 Å². The first-order valence-corrected chi connectivity index (χ1v) is 5.89. The van der Waals surface area contributed by atoms with Gasteiger partial charge in [0.2, 0.25) is 0 Å². The Morgan fingerprint density at radius 1 is 1.37 bits per heavy atom. The summed E-state index contributed by atoms with van der Waals surface area (Å²) in [5.41, 5.74) is 1.41. The van der Waals surface area contributed by atoms with Crippen molar-refractivity contribution in [2.45, 2.75) is 19.8 Å². The molecule has 0 saturated carbocycles.